The molecule has 2 N–H and O–H groups in total. The van der Waals surface area contributed by atoms with Crippen LogP contribution in [-0.2, 0) is 23.0 Å². The summed E-state index contributed by atoms with van der Waals surface area (Å²) in [5, 5.41) is 10.6. The van der Waals surface area contributed by atoms with Crippen molar-refractivity contribution in [2.45, 2.75) is 24.9 Å². The van der Waals surface area contributed by atoms with Gasteiger partial charge in [0.15, 0.2) is 0 Å². The SMILES string of the molecule is Cn1ccc(CC(=O)N[C@H]2CCOC[C@H]2Nc2ccncn2)n1. The molecule has 1 aliphatic rings. The van der Waals surface area contributed by atoms with Gasteiger partial charge in [0.1, 0.15) is 12.1 Å². The standard InChI is InChI=1S/C15H20N6O2/c1-21-6-3-11(20-21)8-15(22)19-12-4-7-23-9-13(12)18-14-2-5-16-10-17-14/h2-3,5-6,10,12-13H,4,7-9H2,1H3,(H,19,22)(H,16,17,18)/t12-,13+/m0/s1. The second kappa shape index (κ2) is 7.19. The van der Waals surface area contributed by atoms with E-state index in [1.807, 2.05) is 19.3 Å². The number of hydrogen-bond donors (Lipinski definition) is 2. The van der Waals surface area contributed by atoms with E-state index in [2.05, 4.69) is 25.7 Å². The molecule has 0 bridgehead atoms. The van der Waals surface area contributed by atoms with E-state index in [4.69, 9.17) is 4.74 Å². The smallest absolute Gasteiger partial charge is 0.226 e. The maximum absolute atomic E-state index is 12.2. The van der Waals surface area contributed by atoms with Crippen LogP contribution in [0.15, 0.2) is 30.9 Å². The minimum absolute atomic E-state index is 0.00470. The van der Waals surface area contributed by atoms with Crippen molar-refractivity contribution in [2.75, 3.05) is 18.5 Å². The van der Waals surface area contributed by atoms with Gasteiger partial charge in [0, 0.05) is 26.0 Å². The molecule has 0 radical (unpaired) electrons. The summed E-state index contributed by atoms with van der Waals surface area (Å²) >= 11 is 0. The van der Waals surface area contributed by atoms with Gasteiger partial charge >= 0.3 is 0 Å². The molecule has 1 aliphatic heterocycles. The number of ether oxygens (including phenoxy) is 1. The van der Waals surface area contributed by atoms with E-state index < -0.39 is 0 Å². The van der Waals surface area contributed by atoms with Crippen LogP contribution in [0.1, 0.15) is 12.1 Å². The highest BCUT2D eigenvalue weighted by Crippen LogP contribution is 2.13. The third-order valence-corrected chi connectivity index (χ3v) is 3.73. The Morgan fingerprint density at radius 2 is 2.35 bits per heavy atom. The second-order valence-electron chi connectivity index (χ2n) is 5.54. The van der Waals surface area contributed by atoms with Gasteiger partial charge in [-0.3, -0.25) is 9.48 Å². The van der Waals surface area contributed by atoms with Gasteiger partial charge in [-0.25, -0.2) is 9.97 Å². The Morgan fingerprint density at radius 3 is 3.09 bits per heavy atom. The van der Waals surface area contributed by atoms with Gasteiger partial charge in [-0.05, 0) is 18.6 Å². The second-order valence-corrected chi connectivity index (χ2v) is 5.54. The first kappa shape index (κ1) is 15.4. The molecule has 8 nitrogen and oxygen atoms in total. The van der Waals surface area contributed by atoms with Crippen LogP contribution in [-0.4, -0.2) is 51.0 Å². The molecule has 3 heterocycles. The Bertz CT molecular complexity index is 644. The van der Waals surface area contributed by atoms with Crippen LogP contribution in [0, 0.1) is 0 Å². The van der Waals surface area contributed by atoms with Crippen molar-refractivity contribution < 1.29 is 9.53 Å². The average molecular weight is 316 g/mol. The Kier molecular flexibility index (Phi) is 4.82. The number of nitrogens with zero attached hydrogens (tertiary/aromatic N) is 4. The fourth-order valence-corrected chi connectivity index (χ4v) is 2.60. The molecule has 2 aromatic heterocycles. The molecule has 1 saturated heterocycles. The summed E-state index contributed by atoms with van der Waals surface area (Å²) < 4.78 is 7.21. The van der Waals surface area contributed by atoms with E-state index in [1.54, 1.807) is 16.9 Å². The van der Waals surface area contributed by atoms with E-state index in [1.165, 1.54) is 6.33 Å². The van der Waals surface area contributed by atoms with Crippen molar-refractivity contribution in [1.29, 1.82) is 0 Å². The molecule has 23 heavy (non-hydrogen) atoms. The van der Waals surface area contributed by atoms with Crippen LogP contribution >= 0.6 is 0 Å². The Balaban J connectivity index is 1.58. The van der Waals surface area contributed by atoms with E-state index >= 15 is 0 Å². The fourth-order valence-electron chi connectivity index (χ4n) is 2.60. The van der Waals surface area contributed by atoms with Gasteiger partial charge < -0.3 is 15.4 Å². The minimum atomic E-state index is -0.0370. The van der Waals surface area contributed by atoms with Crippen LogP contribution in [0.2, 0.25) is 0 Å². The number of aromatic nitrogens is 4. The van der Waals surface area contributed by atoms with Crippen molar-refractivity contribution in [3.63, 3.8) is 0 Å². The van der Waals surface area contributed by atoms with Gasteiger partial charge in [-0.2, -0.15) is 5.10 Å². The molecule has 1 amide bonds. The molecule has 0 saturated carbocycles. The first-order valence-electron chi connectivity index (χ1n) is 7.59. The maximum Gasteiger partial charge on any atom is 0.226 e. The number of amides is 1. The molecule has 2 atom stereocenters. The third kappa shape index (κ3) is 4.26. The monoisotopic (exact) mass is 316 g/mol. The van der Waals surface area contributed by atoms with Gasteiger partial charge in [-0.15, -0.1) is 0 Å². The van der Waals surface area contributed by atoms with E-state index in [0.29, 0.717) is 13.2 Å². The van der Waals surface area contributed by atoms with Crippen LogP contribution < -0.4 is 10.6 Å². The summed E-state index contributed by atoms with van der Waals surface area (Å²) in [6.45, 7) is 1.16. The van der Waals surface area contributed by atoms with Crippen molar-refractivity contribution >= 4 is 11.7 Å². The number of anilines is 1. The molecular weight excluding hydrogens is 296 g/mol. The Labute approximate surface area is 134 Å². The molecule has 122 valence electrons. The highest BCUT2D eigenvalue weighted by Gasteiger charge is 2.27. The van der Waals surface area contributed by atoms with Gasteiger partial charge in [0.2, 0.25) is 5.91 Å². The first-order chi connectivity index (χ1) is 11.2. The van der Waals surface area contributed by atoms with Crippen molar-refractivity contribution in [3.05, 3.63) is 36.5 Å². The zero-order chi connectivity index (χ0) is 16.1. The van der Waals surface area contributed by atoms with Crippen LogP contribution in [0.25, 0.3) is 0 Å². The predicted molar refractivity (Wildman–Crippen MR) is 83.7 cm³/mol. The summed E-state index contributed by atoms with van der Waals surface area (Å²) in [4.78, 5) is 20.3. The summed E-state index contributed by atoms with van der Waals surface area (Å²) in [6.07, 6.45) is 6.03. The van der Waals surface area contributed by atoms with Gasteiger partial charge in [-0.1, -0.05) is 0 Å². The quantitative estimate of drug-likeness (QED) is 0.815. The summed E-state index contributed by atoms with van der Waals surface area (Å²) in [5.41, 5.74) is 0.761. The highest BCUT2D eigenvalue weighted by molar-refractivity contribution is 5.78. The van der Waals surface area contributed by atoms with Gasteiger partial charge in [0.05, 0.1) is 30.8 Å². The number of aryl methyl sites for hydroxylation is 1. The lowest BCUT2D eigenvalue weighted by molar-refractivity contribution is -0.121. The van der Waals surface area contributed by atoms with Crippen LogP contribution in [0.3, 0.4) is 0 Å². The van der Waals surface area contributed by atoms with Gasteiger partial charge in [0.25, 0.3) is 0 Å². The van der Waals surface area contributed by atoms with Crippen molar-refractivity contribution in [1.82, 2.24) is 25.1 Å². The molecule has 2 aromatic rings. The van der Waals surface area contributed by atoms with E-state index in [-0.39, 0.29) is 24.4 Å². The zero-order valence-electron chi connectivity index (χ0n) is 13.0. The number of hydrogen-bond acceptors (Lipinski definition) is 6. The maximum atomic E-state index is 12.2. The predicted octanol–water partition coefficient (Wildman–Crippen LogP) is 0.138. The third-order valence-electron chi connectivity index (χ3n) is 3.73. The van der Waals surface area contributed by atoms with E-state index in [0.717, 1.165) is 17.9 Å². The van der Waals surface area contributed by atoms with Crippen LogP contribution in [0.4, 0.5) is 5.82 Å². The molecule has 1 fully saturated rings. The topological polar surface area (TPSA) is 94.0 Å². The zero-order valence-corrected chi connectivity index (χ0v) is 13.0. The molecule has 8 heteroatoms. The van der Waals surface area contributed by atoms with Crippen molar-refractivity contribution in [2.24, 2.45) is 7.05 Å². The molecular formula is C15H20N6O2. The Hall–Kier alpha value is -2.48. The molecule has 0 spiro atoms. The van der Waals surface area contributed by atoms with E-state index in [9.17, 15) is 4.79 Å². The lowest BCUT2D eigenvalue weighted by atomic mass is 10.0. The lowest BCUT2D eigenvalue weighted by Gasteiger charge is -2.33. The molecule has 0 unspecified atom stereocenters. The average Bonchev–Trinajstić information content (AvgIpc) is 2.95. The largest absolute Gasteiger partial charge is 0.379 e. The Morgan fingerprint density at radius 1 is 1.43 bits per heavy atom. The molecule has 0 aliphatic carbocycles. The molecule has 3 rings (SSSR count). The lowest BCUT2D eigenvalue weighted by Crippen LogP contribution is -2.52. The highest BCUT2D eigenvalue weighted by atomic mass is 16.5. The van der Waals surface area contributed by atoms with Crippen LogP contribution in [0.5, 0.6) is 0 Å². The normalized spacial score (nSPS) is 20.9. The summed E-state index contributed by atoms with van der Waals surface area (Å²) in [6, 6.07) is 3.61. The number of carbonyl (C=O) groups excluding carboxylic acids is 1. The summed E-state index contributed by atoms with van der Waals surface area (Å²) in [5.74, 6) is 0.685. The number of carbonyl (C=O) groups is 1. The molecule has 0 aromatic carbocycles. The van der Waals surface area contributed by atoms with Crippen molar-refractivity contribution in [3.8, 4) is 0 Å². The number of nitrogens with one attached hydrogen (secondary N) is 2. The first-order valence-corrected chi connectivity index (χ1v) is 7.59. The summed E-state index contributed by atoms with van der Waals surface area (Å²) in [7, 11) is 1.83. The number of rotatable bonds is 5. The minimum Gasteiger partial charge on any atom is -0.379 e. The fraction of sp³-hybridized carbons (Fsp3) is 0.467.